The smallest absolute Gasteiger partial charge is 0.316 e. The van der Waals surface area contributed by atoms with Crippen molar-refractivity contribution in [2.24, 2.45) is 0 Å². The average molecular weight is 451 g/mol. The van der Waals surface area contributed by atoms with Crippen LogP contribution in [-0.4, -0.2) is 24.0 Å². The van der Waals surface area contributed by atoms with Gasteiger partial charge in [-0.2, -0.15) is 0 Å². The molecule has 0 aliphatic heterocycles. The van der Waals surface area contributed by atoms with Gasteiger partial charge in [0.2, 0.25) is 5.91 Å². The van der Waals surface area contributed by atoms with E-state index < -0.39 is 5.41 Å². The Kier molecular flexibility index (Phi) is 6.55. The third-order valence-corrected chi connectivity index (χ3v) is 6.77. The molecule has 7 heteroatoms. The van der Waals surface area contributed by atoms with Crippen LogP contribution < -0.4 is 9.64 Å². The predicted octanol–water partition coefficient (Wildman–Crippen LogP) is 5.39. The summed E-state index contributed by atoms with van der Waals surface area (Å²) in [5.41, 5.74) is 1.67. The van der Waals surface area contributed by atoms with Gasteiger partial charge in [-0.15, -0.1) is 11.3 Å². The Labute approximate surface area is 191 Å². The molecule has 0 spiro atoms. The van der Waals surface area contributed by atoms with E-state index in [2.05, 4.69) is 4.98 Å². The number of para-hydroxylation sites is 2. The van der Waals surface area contributed by atoms with Crippen molar-refractivity contribution >= 4 is 34.0 Å². The highest BCUT2D eigenvalue weighted by molar-refractivity contribution is 7.14. The van der Waals surface area contributed by atoms with Crippen LogP contribution in [0.15, 0.2) is 60.0 Å². The van der Waals surface area contributed by atoms with Gasteiger partial charge in [-0.3, -0.25) is 14.5 Å². The zero-order valence-electron chi connectivity index (χ0n) is 18.2. The monoisotopic (exact) mass is 450 g/mol. The highest BCUT2D eigenvalue weighted by atomic mass is 32.1. The van der Waals surface area contributed by atoms with Crippen LogP contribution in [0.2, 0.25) is 0 Å². The van der Waals surface area contributed by atoms with E-state index in [4.69, 9.17) is 9.47 Å². The van der Waals surface area contributed by atoms with Gasteiger partial charge in [0.15, 0.2) is 5.13 Å². The molecule has 1 saturated carbocycles. The number of carbonyl (C=O) groups excluding carboxylic acids is 2. The second-order valence-electron chi connectivity index (χ2n) is 7.88. The maximum Gasteiger partial charge on any atom is 0.316 e. The van der Waals surface area contributed by atoms with Gasteiger partial charge in [-0.1, -0.05) is 55.3 Å². The summed E-state index contributed by atoms with van der Waals surface area (Å²) in [5, 5.41) is 2.32. The summed E-state index contributed by atoms with van der Waals surface area (Å²) in [7, 11) is 1.56. The van der Waals surface area contributed by atoms with Gasteiger partial charge in [-0.25, -0.2) is 4.98 Å². The number of esters is 1. The van der Waals surface area contributed by atoms with Crippen LogP contribution in [0.25, 0.3) is 0 Å². The number of hydrogen-bond donors (Lipinski definition) is 0. The van der Waals surface area contributed by atoms with Crippen molar-refractivity contribution in [3.8, 4) is 5.75 Å². The molecule has 1 aromatic heterocycles. The summed E-state index contributed by atoms with van der Waals surface area (Å²) in [4.78, 5) is 31.7. The standard InChI is InChI=1S/C25H26N2O4S/c1-18(28)27(21-12-6-7-13-22(21)30-2)24-26-20(17-32-24)16-31-23(29)25(14-8-9-15-25)19-10-4-3-5-11-19/h3-7,10-13,17H,8-9,14-16H2,1-2H3. The minimum absolute atomic E-state index is 0.0710. The minimum atomic E-state index is -0.580. The first-order valence-corrected chi connectivity index (χ1v) is 11.5. The van der Waals surface area contributed by atoms with Crippen molar-refractivity contribution in [1.82, 2.24) is 4.98 Å². The van der Waals surface area contributed by atoms with Crippen molar-refractivity contribution in [3.05, 3.63) is 71.2 Å². The van der Waals surface area contributed by atoms with Crippen molar-refractivity contribution in [3.63, 3.8) is 0 Å². The number of methoxy groups -OCH3 is 1. The molecule has 1 heterocycles. The number of thiazole rings is 1. The molecule has 2 aromatic carbocycles. The van der Waals surface area contributed by atoms with Gasteiger partial charge >= 0.3 is 5.97 Å². The molecule has 3 aromatic rings. The largest absolute Gasteiger partial charge is 0.495 e. The van der Waals surface area contributed by atoms with Crippen LogP contribution in [0.4, 0.5) is 10.8 Å². The van der Waals surface area contributed by atoms with Crippen LogP contribution in [0.5, 0.6) is 5.75 Å². The molecule has 0 unspecified atom stereocenters. The van der Waals surface area contributed by atoms with Crippen LogP contribution in [0.3, 0.4) is 0 Å². The van der Waals surface area contributed by atoms with Crippen molar-refractivity contribution in [2.45, 2.75) is 44.6 Å². The fourth-order valence-corrected chi connectivity index (χ4v) is 5.18. The number of amides is 1. The highest BCUT2D eigenvalue weighted by Gasteiger charge is 2.44. The Bertz CT molecular complexity index is 1090. The summed E-state index contributed by atoms with van der Waals surface area (Å²) in [6.45, 7) is 1.55. The van der Waals surface area contributed by atoms with Crippen molar-refractivity contribution in [2.75, 3.05) is 12.0 Å². The molecule has 166 valence electrons. The quantitative estimate of drug-likeness (QED) is 0.451. The summed E-state index contributed by atoms with van der Waals surface area (Å²) in [6, 6.07) is 17.2. The Morgan fingerprint density at radius 2 is 1.75 bits per heavy atom. The lowest BCUT2D eigenvalue weighted by molar-refractivity contribution is -0.152. The lowest BCUT2D eigenvalue weighted by Gasteiger charge is -2.27. The van der Waals surface area contributed by atoms with E-state index in [1.54, 1.807) is 13.2 Å². The van der Waals surface area contributed by atoms with Crippen molar-refractivity contribution in [1.29, 1.82) is 0 Å². The van der Waals surface area contributed by atoms with Gasteiger partial charge in [0.05, 0.1) is 23.9 Å². The summed E-state index contributed by atoms with van der Waals surface area (Å²) in [6.07, 6.45) is 3.61. The second kappa shape index (κ2) is 9.53. The third kappa shape index (κ3) is 4.25. The van der Waals surface area contributed by atoms with Gasteiger partial charge in [0.1, 0.15) is 12.4 Å². The Morgan fingerprint density at radius 3 is 2.44 bits per heavy atom. The van der Waals surface area contributed by atoms with Gasteiger partial charge in [-0.05, 0) is 30.5 Å². The van der Waals surface area contributed by atoms with Gasteiger partial charge < -0.3 is 9.47 Å². The van der Waals surface area contributed by atoms with E-state index >= 15 is 0 Å². The highest BCUT2D eigenvalue weighted by Crippen LogP contribution is 2.42. The van der Waals surface area contributed by atoms with Crippen LogP contribution in [0, 0.1) is 0 Å². The molecule has 4 rings (SSSR count). The van der Waals surface area contributed by atoms with Crippen molar-refractivity contribution < 1.29 is 19.1 Å². The number of anilines is 2. The zero-order valence-corrected chi connectivity index (χ0v) is 19.1. The molecule has 0 N–H and O–H groups in total. The van der Waals surface area contributed by atoms with Crippen LogP contribution in [-0.2, 0) is 26.3 Å². The van der Waals surface area contributed by atoms with E-state index in [9.17, 15) is 9.59 Å². The number of carbonyl (C=O) groups is 2. The first kappa shape index (κ1) is 22.0. The first-order valence-electron chi connectivity index (χ1n) is 10.7. The zero-order chi connectivity index (χ0) is 22.6. The first-order chi connectivity index (χ1) is 15.5. The normalized spacial score (nSPS) is 14.7. The molecular formula is C25H26N2O4S. The van der Waals surface area contributed by atoms with Crippen LogP contribution in [0.1, 0.15) is 43.9 Å². The van der Waals surface area contributed by atoms with E-state index in [0.717, 1.165) is 31.2 Å². The third-order valence-electron chi connectivity index (χ3n) is 5.90. The molecule has 6 nitrogen and oxygen atoms in total. The SMILES string of the molecule is COc1ccccc1N(C(C)=O)c1nc(COC(=O)C2(c3ccccc3)CCCC2)cs1. The van der Waals surface area contributed by atoms with Crippen LogP contribution >= 0.6 is 11.3 Å². The molecular weight excluding hydrogens is 424 g/mol. The molecule has 0 saturated heterocycles. The molecule has 0 bridgehead atoms. The van der Waals surface area contributed by atoms with Gasteiger partial charge in [0, 0.05) is 12.3 Å². The second-order valence-corrected chi connectivity index (χ2v) is 8.72. The fourth-order valence-electron chi connectivity index (χ4n) is 4.31. The number of ether oxygens (including phenoxy) is 2. The molecule has 0 radical (unpaired) electrons. The van der Waals surface area contributed by atoms with E-state index in [0.29, 0.717) is 22.3 Å². The predicted molar refractivity (Wildman–Crippen MR) is 124 cm³/mol. The fraction of sp³-hybridized carbons (Fsp3) is 0.320. The maximum absolute atomic E-state index is 13.2. The number of benzene rings is 2. The summed E-state index contributed by atoms with van der Waals surface area (Å²) < 4.78 is 11.2. The minimum Gasteiger partial charge on any atom is -0.495 e. The lowest BCUT2D eigenvalue weighted by atomic mass is 9.79. The van der Waals surface area contributed by atoms with E-state index in [1.165, 1.54) is 23.2 Å². The Morgan fingerprint density at radius 1 is 1.06 bits per heavy atom. The van der Waals surface area contributed by atoms with E-state index in [1.807, 2.05) is 53.9 Å². The Balaban J connectivity index is 1.51. The Hall–Kier alpha value is -3.19. The summed E-state index contributed by atoms with van der Waals surface area (Å²) in [5.74, 6) is 0.196. The lowest BCUT2D eigenvalue weighted by Crippen LogP contribution is -2.34. The number of rotatable bonds is 7. The molecule has 32 heavy (non-hydrogen) atoms. The maximum atomic E-state index is 13.2. The molecule has 1 aliphatic rings. The molecule has 1 amide bonds. The number of hydrogen-bond acceptors (Lipinski definition) is 6. The molecule has 1 fully saturated rings. The topological polar surface area (TPSA) is 68.7 Å². The van der Waals surface area contributed by atoms with E-state index in [-0.39, 0.29) is 18.5 Å². The average Bonchev–Trinajstić information content (AvgIpc) is 3.49. The summed E-state index contributed by atoms with van der Waals surface area (Å²) >= 11 is 1.33. The molecule has 0 atom stereocenters. The number of aromatic nitrogens is 1. The van der Waals surface area contributed by atoms with Gasteiger partial charge in [0.25, 0.3) is 0 Å². The number of nitrogens with zero attached hydrogens (tertiary/aromatic N) is 2. The molecule has 1 aliphatic carbocycles.